The Morgan fingerprint density at radius 3 is 2.80 bits per heavy atom. The molecule has 2 aromatic heterocycles. The smallest absolute Gasteiger partial charge is 0.275 e. The van der Waals surface area contributed by atoms with Gasteiger partial charge in [-0.3, -0.25) is 14.6 Å². The lowest BCUT2D eigenvalue weighted by atomic mass is 10.3. The lowest BCUT2D eigenvalue weighted by Gasteiger charge is -2.17. The van der Waals surface area contributed by atoms with Crippen LogP contribution in [0.4, 0.5) is 0 Å². The normalized spacial score (nSPS) is 10.8. The lowest BCUT2D eigenvalue weighted by Crippen LogP contribution is -2.28. The second-order valence-corrected chi connectivity index (χ2v) is 6.11. The minimum Gasteiger partial charge on any atom is -0.334 e. The van der Waals surface area contributed by atoms with Crippen LogP contribution in [0.1, 0.15) is 23.1 Å². The van der Waals surface area contributed by atoms with Gasteiger partial charge < -0.3 is 4.90 Å². The summed E-state index contributed by atoms with van der Waals surface area (Å²) in [4.78, 5) is 13.9. The molecular formula is C11H12Br2ClN5O. The largest absolute Gasteiger partial charge is 0.334 e. The molecule has 0 spiro atoms. The third kappa shape index (κ3) is 2.91. The van der Waals surface area contributed by atoms with E-state index in [9.17, 15) is 4.79 Å². The van der Waals surface area contributed by atoms with E-state index in [4.69, 9.17) is 11.6 Å². The molecule has 20 heavy (non-hydrogen) atoms. The number of rotatable bonds is 4. The first-order valence-corrected chi connectivity index (χ1v) is 7.77. The minimum absolute atomic E-state index is 0.209. The maximum Gasteiger partial charge on any atom is 0.275 e. The summed E-state index contributed by atoms with van der Waals surface area (Å²) in [7, 11) is 1.70. The molecule has 0 radical (unpaired) electrons. The van der Waals surface area contributed by atoms with Crippen molar-refractivity contribution in [3.05, 3.63) is 31.7 Å². The number of carbonyl (C=O) groups is 1. The maximum absolute atomic E-state index is 12.3. The van der Waals surface area contributed by atoms with Crippen molar-refractivity contribution in [1.82, 2.24) is 24.9 Å². The SMILES string of the molecule is CCn1ncc(Cl)c1CN(C)C(=O)c1n[nH]c(Br)c1Br. The number of aromatic amines is 1. The van der Waals surface area contributed by atoms with Crippen molar-refractivity contribution in [1.29, 1.82) is 0 Å². The summed E-state index contributed by atoms with van der Waals surface area (Å²) in [6.07, 6.45) is 1.58. The van der Waals surface area contributed by atoms with Gasteiger partial charge in [-0.1, -0.05) is 11.6 Å². The van der Waals surface area contributed by atoms with Crippen LogP contribution in [-0.4, -0.2) is 37.8 Å². The number of hydrogen-bond acceptors (Lipinski definition) is 3. The molecule has 0 fully saturated rings. The van der Waals surface area contributed by atoms with Gasteiger partial charge in [0.15, 0.2) is 5.69 Å². The quantitative estimate of drug-likeness (QED) is 0.819. The van der Waals surface area contributed by atoms with E-state index >= 15 is 0 Å². The molecule has 0 atom stereocenters. The number of H-pyrrole nitrogens is 1. The van der Waals surface area contributed by atoms with E-state index in [1.165, 1.54) is 0 Å². The van der Waals surface area contributed by atoms with Crippen molar-refractivity contribution in [3.8, 4) is 0 Å². The van der Waals surface area contributed by atoms with E-state index in [0.717, 1.165) is 5.69 Å². The Labute approximate surface area is 137 Å². The van der Waals surface area contributed by atoms with Crippen LogP contribution in [0, 0.1) is 0 Å². The van der Waals surface area contributed by atoms with Crippen LogP contribution in [0.2, 0.25) is 5.02 Å². The summed E-state index contributed by atoms with van der Waals surface area (Å²) in [5, 5.41) is 11.4. The molecular weight excluding hydrogens is 413 g/mol. The number of carbonyl (C=O) groups excluding carboxylic acids is 1. The van der Waals surface area contributed by atoms with Gasteiger partial charge in [0.2, 0.25) is 0 Å². The third-order valence-corrected chi connectivity index (χ3v) is 4.99. The van der Waals surface area contributed by atoms with Gasteiger partial charge in [0.1, 0.15) is 4.60 Å². The zero-order valence-corrected chi connectivity index (χ0v) is 14.8. The van der Waals surface area contributed by atoms with Crippen LogP contribution in [-0.2, 0) is 13.1 Å². The topological polar surface area (TPSA) is 66.8 Å². The van der Waals surface area contributed by atoms with Crippen molar-refractivity contribution >= 4 is 49.4 Å². The summed E-state index contributed by atoms with van der Waals surface area (Å²) in [5.74, 6) is -0.209. The van der Waals surface area contributed by atoms with Crippen LogP contribution in [0.5, 0.6) is 0 Å². The number of nitrogens with zero attached hydrogens (tertiary/aromatic N) is 4. The lowest BCUT2D eigenvalue weighted by molar-refractivity contribution is 0.0775. The fraction of sp³-hybridized carbons (Fsp3) is 0.364. The molecule has 0 aromatic carbocycles. The van der Waals surface area contributed by atoms with Crippen molar-refractivity contribution in [2.45, 2.75) is 20.0 Å². The second kappa shape index (κ2) is 6.28. The number of nitrogens with one attached hydrogen (secondary N) is 1. The number of aromatic nitrogens is 4. The summed E-state index contributed by atoms with van der Waals surface area (Å²) in [5.41, 5.74) is 1.12. The molecule has 6 nitrogen and oxygen atoms in total. The number of halogens is 3. The Balaban J connectivity index is 2.20. The average Bonchev–Trinajstić information content (AvgIpc) is 2.94. The van der Waals surface area contributed by atoms with E-state index in [2.05, 4.69) is 47.2 Å². The van der Waals surface area contributed by atoms with Crippen LogP contribution in [0.3, 0.4) is 0 Å². The van der Waals surface area contributed by atoms with Crippen molar-refractivity contribution in [2.24, 2.45) is 0 Å². The van der Waals surface area contributed by atoms with Gasteiger partial charge in [-0.25, -0.2) is 0 Å². The van der Waals surface area contributed by atoms with Crippen LogP contribution >= 0.6 is 43.5 Å². The molecule has 1 amide bonds. The van der Waals surface area contributed by atoms with Crippen molar-refractivity contribution in [3.63, 3.8) is 0 Å². The van der Waals surface area contributed by atoms with Gasteiger partial charge in [0.05, 0.1) is 27.9 Å². The fourth-order valence-electron chi connectivity index (χ4n) is 1.74. The first-order valence-electron chi connectivity index (χ1n) is 5.80. The summed E-state index contributed by atoms with van der Waals surface area (Å²) in [6.45, 7) is 3.03. The highest BCUT2D eigenvalue weighted by Gasteiger charge is 2.22. The first kappa shape index (κ1) is 15.5. The van der Waals surface area contributed by atoms with Gasteiger partial charge >= 0.3 is 0 Å². The van der Waals surface area contributed by atoms with Gasteiger partial charge in [0.25, 0.3) is 5.91 Å². The molecule has 0 unspecified atom stereocenters. The van der Waals surface area contributed by atoms with Crippen LogP contribution in [0.25, 0.3) is 0 Å². The average molecular weight is 426 g/mol. The molecule has 0 aliphatic rings. The standard InChI is InChI=1S/C11H12Br2ClN5O/c1-3-19-7(6(14)4-15-19)5-18(2)11(20)9-8(12)10(13)17-16-9/h4H,3,5H2,1-2H3,(H,16,17). The molecule has 108 valence electrons. The van der Waals surface area contributed by atoms with E-state index in [1.54, 1.807) is 22.8 Å². The number of aryl methyl sites for hydroxylation is 1. The zero-order valence-electron chi connectivity index (χ0n) is 10.8. The maximum atomic E-state index is 12.3. The molecule has 2 aromatic rings. The van der Waals surface area contributed by atoms with E-state index in [1.807, 2.05) is 6.92 Å². The Morgan fingerprint density at radius 1 is 1.55 bits per heavy atom. The summed E-state index contributed by atoms with van der Waals surface area (Å²) < 4.78 is 3.00. The van der Waals surface area contributed by atoms with Crippen LogP contribution in [0.15, 0.2) is 15.3 Å². The fourth-order valence-corrected chi connectivity index (χ4v) is 2.57. The van der Waals surface area contributed by atoms with E-state index < -0.39 is 0 Å². The summed E-state index contributed by atoms with van der Waals surface area (Å²) in [6, 6.07) is 0. The van der Waals surface area contributed by atoms with Gasteiger partial charge in [0, 0.05) is 13.6 Å². The molecule has 2 heterocycles. The first-order chi connectivity index (χ1) is 9.45. The zero-order chi connectivity index (χ0) is 14.9. The highest BCUT2D eigenvalue weighted by atomic mass is 79.9. The molecule has 0 saturated carbocycles. The molecule has 1 N–H and O–H groups in total. The highest BCUT2D eigenvalue weighted by molar-refractivity contribution is 9.13. The Morgan fingerprint density at radius 2 is 2.25 bits per heavy atom. The van der Waals surface area contributed by atoms with E-state index in [-0.39, 0.29) is 5.91 Å². The molecule has 0 saturated heterocycles. The second-order valence-electron chi connectivity index (χ2n) is 4.12. The number of amides is 1. The Bertz CT molecular complexity index is 639. The molecule has 9 heteroatoms. The van der Waals surface area contributed by atoms with Gasteiger partial charge in [-0.15, -0.1) is 0 Å². The van der Waals surface area contributed by atoms with Crippen LogP contribution < -0.4 is 0 Å². The molecule has 0 aliphatic carbocycles. The third-order valence-electron chi connectivity index (χ3n) is 2.80. The molecule has 2 rings (SSSR count). The van der Waals surface area contributed by atoms with Crippen molar-refractivity contribution in [2.75, 3.05) is 7.05 Å². The predicted octanol–water partition coefficient (Wildman–Crippen LogP) is 3.08. The monoisotopic (exact) mass is 423 g/mol. The minimum atomic E-state index is -0.209. The van der Waals surface area contributed by atoms with Gasteiger partial charge in [-0.05, 0) is 38.8 Å². The predicted molar refractivity (Wildman–Crippen MR) is 82.7 cm³/mol. The summed E-state index contributed by atoms with van der Waals surface area (Å²) >= 11 is 12.7. The number of hydrogen-bond donors (Lipinski definition) is 1. The molecule has 0 bridgehead atoms. The van der Waals surface area contributed by atoms with Gasteiger partial charge in [-0.2, -0.15) is 10.2 Å². The highest BCUT2D eigenvalue weighted by Crippen LogP contribution is 2.25. The molecule has 0 aliphatic heterocycles. The van der Waals surface area contributed by atoms with Crippen molar-refractivity contribution < 1.29 is 4.79 Å². The Kier molecular flexibility index (Phi) is 4.87. The van der Waals surface area contributed by atoms with E-state index in [0.29, 0.717) is 32.9 Å². The Hall–Kier alpha value is -0.860.